The fraction of sp³-hybridized carbons (Fsp3) is 0.0435. The maximum Gasteiger partial charge on any atom is 0.261 e. The molecule has 0 aliphatic carbocycles. The van der Waals surface area contributed by atoms with Crippen LogP contribution in [0.3, 0.4) is 0 Å². The highest BCUT2D eigenvalue weighted by atomic mass is 32.1. The standard InChI is InChI=1S/C23H15N3O3S/c27-20(25-23-24-18-10-3-4-11-19(18)30-23)15-7-5-6-14(12-15)13-26-21(28)16-8-1-2-9-17(16)22(26)29/h1-12H,13H2,(H,24,25,27). The van der Waals surface area contributed by atoms with Crippen LogP contribution in [0.1, 0.15) is 36.6 Å². The van der Waals surface area contributed by atoms with E-state index in [9.17, 15) is 14.4 Å². The first-order chi connectivity index (χ1) is 14.6. The molecule has 0 saturated heterocycles. The number of para-hydroxylation sites is 1. The fourth-order valence-electron chi connectivity index (χ4n) is 3.47. The zero-order chi connectivity index (χ0) is 20.7. The maximum atomic E-state index is 12.7. The minimum Gasteiger partial charge on any atom is -0.298 e. The molecule has 0 fully saturated rings. The molecule has 7 heteroatoms. The third-order valence-electron chi connectivity index (χ3n) is 4.92. The largest absolute Gasteiger partial charge is 0.298 e. The summed E-state index contributed by atoms with van der Waals surface area (Å²) in [5.74, 6) is -0.932. The number of carbonyl (C=O) groups is 3. The van der Waals surface area contributed by atoms with Gasteiger partial charge in [-0.3, -0.25) is 24.6 Å². The predicted molar refractivity (Wildman–Crippen MR) is 115 cm³/mol. The molecule has 1 aromatic heterocycles. The van der Waals surface area contributed by atoms with Crippen LogP contribution in [0.25, 0.3) is 10.2 Å². The summed E-state index contributed by atoms with van der Waals surface area (Å²) in [6, 6.07) is 21.3. The Balaban J connectivity index is 1.35. The minimum absolute atomic E-state index is 0.106. The molecule has 0 bridgehead atoms. The molecule has 1 aliphatic rings. The summed E-state index contributed by atoms with van der Waals surface area (Å²) in [4.78, 5) is 43.5. The third kappa shape index (κ3) is 3.15. The lowest BCUT2D eigenvalue weighted by Gasteiger charge is -2.14. The van der Waals surface area contributed by atoms with Gasteiger partial charge in [0.1, 0.15) is 0 Å². The van der Waals surface area contributed by atoms with Crippen molar-refractivity contribution >= 4 is 44.4 Å². The highest BCUT2D eigenvalue weighted by Gasteiger charge is 2.35. The van der Waals surface area contributed by atoms with Crippen molar-refractivity contribution in [2.45, 2.75) is 6.54 Å². The Morgan fingerprint density at radius 3 is 2.33 bits per heavy atom. The molecule has 2 heterocycles. The molecule has 1 N–H and O–H groups in total. The lowest BCUT2D eigenvalue weighted by molar-refractivity contribution is 0.0642. The molecule has 146 valence electrons. The number of fused-ring (bicyclic) bond motifs is 2. The Morgan fingerprint density at radius 2 is 1.60 bits per heavy atom. The minimum atomic E-state index is -0.320. The second-order valence-corrected chi connectivity index (χ2v) is 7.91. The molecule has 5 rings (SSSR count). The molecule has 0 radical (unpaired) electrons. The molecule has 4 aromatic rings. The first-order valence-corrected chi connectivity index (χ1v) is 10.1. The van der Waals surface area contributed by atoms with Gasteiger partial charge in [-0.2, -0.15) is 0 Å². The zero-order valence-electron chi connectivity index (χ0n) is 15.7. The van der Waals surface area contributed by atoms with E-state index in [1.165, 1.54) is 16.2 Å². The van der Waals surface area contributed by atoms with Crippen molar-refractivity contribution in [2.24, 2.45) is 0 Å². The average molecular weight is 413 g/mol. The Bertz CT molecular complexity index is 1260. The van der Waals surface area contributed by atoms with Crippen LogP contribution in [0.5, 0.6) is 0 Å². The van der Waals surface area contributed by atoms with Gasteiger partial charge in [0, 0.05) is 5.56 Å². The monoisotopic (exact) mass is 413 g/mol. The first kappa shape index (κ1) is 18.2. The number of nitrogens with zero attached hydrogens (tertiary/aromatic N) is 2. The number of hydrogen-bond donors (Lipinski definition) is 1. The number of hydrogen-bond acceptors (Lipinski definition) is 5. The number of aromatic nitrogens is 1. The number of anilines is 1. The third-order valence-corrected chi connectivity index (χ3v) is 5.87. The number of nitrogens with one attached hydrogen (secondary N) is 1. The maximum absolute atomic E-state index is 12.7. The molecular formula is C23H15N3O3S. The van der Waals surface area contributed by atoms with Gasteiger partial charge in [-0.25, -0.2) is 4.98 Å². The van der Waals surface area contributed by atoms with E-state index in [1.807, 2.05) is 24.3 Å². The van der Waals surface area contributed by atoms with E-state index in [2.05, 4.69) is 10.3 Å². The van der Waals surface area contributed by atoms with E-state index in [4.69, 9.17) is 0 Å². The van der Waals surface area contributed by atoms with Crippen LogP contribution in [0, 0.1) is 0 Å². The van der Waals surface area contributed by atoms with Crippen molar-refractivity contribution in [3.63, 3.8) is 0 Å². The smallest absolute Gasteiger partial charge is 0.261 e. The summed E-state index contributed by atoms with van der Waals surface area (Å²) in [7, 11) is 0. The summed E-state index contributed by atoms with van der Waals surface area (Å²) in [6.07, 6.45) is 0. The van der Waals surface area contributed by atoms with E-state index in [-0.39, 0.29) is 24.3 Å². The quantitative estimate of drug-likeness (QED) is 0.505. The molecule has 3 amide bonds. The number of amides is 3. The van der Waals surface area contributed by atoms with E-state index in [0.29, 0.717) is 27.4 Å². The molecule has 0 atom stereocenters. The molecule has 0 saturated carbocycles. The van der Waals surface area contributed by atoms with Crippen LogP contribution in [0.4, 0.5) is 5.13 Å². The lowest BCUT2D eigenvalue weighted by Crippen LogP contribution is -2.29. The summed E-state index contributed by atoms with van der Waals surface area (Å²) in [6.45, 7) is 0.106. The summed E-state index contributed by atoms with van der Waals surface area (Å²) >= 11 is 1.40. The van der Waals surface area contributed by atoms with Crippen LogP contribution in [0.15, 0.2) is 72.8 Å². The molecule has 30 heavy (non-hydrogen) atoms. The topological polar surface area (TPSA) is 79.4 Å². The summed E-state index contributed by atoms with van der Waals surface area (Å²) in [5, 5.41) is 3.34. The number of rotatable bonds is 4. The van der Waals surface area contributed by atoms with Crippen molar-refractivity contribution in [1.82, 2.24) is 9.88 Å². The normalized spacial score (nSPS) is 13.0. The van der Waals surface area contributed by atoms with Gasteiger partial charge in [-0.1, -0.05) is 47.7 Å². The predicted octanol–water partition coefficient (Wildman–Crippen LogP) is 4.34. The van der Waals surface area contributed by atoms with Crippen molar-refractivity contribution in [1.29, 1.82) is 0 Å². The van der Waals surface area contributed by atoms with Gasteiger partial charge in [-0.05, 0) is 42.0 Å². The van der Waals surface area contributed by atoms with Crippen LogP contribution in [-0.2, 0) is 6.54 Å². The van der Waals surface area contributed by atoms with Crippen molar-refractivity contribution in [2.75, 3.05) is 5.32 Å². The van der Waals surface area contributed by atoms with Crippen molar-refractivity contribution < 1.29 is 14.4 Å². The summed E-state index contributed by atoms with van der Waals surface area (Å²) in [5.41, 5.74) is 2.78. The molecule has 0 spiro atoms. The number of benzene rings is 3. The van der Waals surface area contributed by atoms with Gasteiger partial charge in [-0.15, -0.1) is 0 Å². The van der Waals surface area contributed by atoms with Gasteiger partial charge in [0.05, 0.1) is 27.9 Å². The van der Waals surface area contributed by atoms with Gasteiger partial charge < -0.3 is 0 Å². The van der Waals surface area contributed by atoms with Gasteiger partial charge in [0.25, 0.3) is 17.7 Å². The van der Waals surface area contributed by atoms with Crippen LogP contribution in [-0.4, -0.2) is 27.6 Å². The van der Waals surface area contributed by atoms with E-state index in [0.717, 1.165) is 10.2 Å². The molecule has 6 nitrogen and oxygen atoms in total. The second kappa shape index (κ2) is 7.20. The summed E-state index contributed by atoms with van der Waals surface area (Å²) < 4.78 is 0.993. The highest BCUT2D eigenvalue weighted by Crippen LogP contribution is 2.27. The van der Waals surface area contributed by atoms with Gasteiger partial charge >= 0.3 is 0 Å². The Labute approximate surface area is 175 Å². The SMILES string of the molecule is O=C(Nc1nc2ccccc2s1)c1cccc(CN2C(=O)c3ccccc3C2=O)c1. The van der Waals surface area contributed by atoms with E-state index >= 15 is 0 Å². The molecule has 1 aliphatic heterocycles. The second-order valence-electron chi connectivity index (χ2n) is 6.88. The van der Waals surface area contributed by atoms with Crippen LogP contribution >= 0.6 is 11.3 Å². The zero-order valence-corrected chi connectivity index (χ0v) is 16.5. The first-order valence-electron chi connectivity index (χ1n) is 9.31. The molecule has 3 aromatic carbocycles. The molecule has 0 unspecified atom stereocenters. The fourth-order valence-corrected chi connectivity index (χ4v) is 4.33. The van der Waals surface area contributed by atoms with Crippen LogP contribution < -0.4 is 5.32 Å². The number of carbonyl (C=O) groups excluding carboxylic acids is 3. The Kier molecular flexibility index (Phi) is 4.37. The lowest BCUT2D eigenvalue weighted by atomic mass is 10.1. The number of imide groups is 1. The van der Waals surface area contributed by atoms with Crippen molar-refractivity contribution in [3.8, 4) is 0 Å². The Morgan fingerprint density at radius 1 is 0.900 bits per heavy atom. The van der Waals surface area contributed by atoms with Gasteiger partial charge in [0.2, 0.25) is 0 Å². The van der Waals surface area contributed by atoms with E-state index < -0.39 is 0 Å². The molecular weight excluding hydrogens is 398 g/mol. The van der Waals surface area contributed by atoms with Crippen LogP contribution in [0.2, 0.25) is 0 Å². The average Bonchev–Trinajstić information content (AvgIpc) is 3.28. The number of thiazole rings is 1. The Hall–Kier alpha value is -3.84. The van der Waals surface area contributed by atoms with Gasteiger partial charge in [0.15, 0.2) is 5.13 Å². The van der Waals surface area contributed by atoms with E-state index in [1.54, 1.807) is 48.5 Å². The highest BCUT2D eigenvalue weighted by molar-refractivity contribution is 7.22. The van der Waals surface area contributed by atoms with Crippen molar-refractivity contribution in [3.05, 3.63) is 95.1 Å².